The molecule has 0 saturated heterocycles. The molecule has 0 spiro atoms. The second-order valence-corrected chi connectivity index (χ2v) is 3.57. The average Bonchev–Trinajstić information content (AvgIpc) is 2.85. The highest BCUT2D eigenvalue weighted by molar-refractivity contribution is 4.97. The maximum Gasteiger partial charge on any atom is 0.123 e. The van der Waals surface area contributed by atoms with E-state index >= 15 is 0 Å². The lowest BCUT2D eigenvalue weighted by Gasteiger charge is -2.08. The molecule has 3 N–H and O–H groups in total. The molecule has 2 rings (SSSR count). The first-order valence-electron chi connectivity index (χ1n) is 4.98. The van der Waals surface area contributed by atoms with E-state index in [1.807, 2.05) is 17.8 Å². The van der Waals surface area contributed by atoms with Crippen LogP contribution < -0.4 is 5.73 Å². The van der Waals surface area contributed by atoms with Gasteiger partial charge in [0, 0.05) is 38.3 Å². The number of aromatic nitrogens is 4. The zero-order valence-corrected chi connectivity index (χ0v) is 8.72. The summed E-state index contributed by atoms with van der Waals surface area (Å²) in [5.41, 5.74) is 5.98. The monoisotopic (exact) mass is 205 g/mol. The van der Waals surface area contributed by atoms with Crippen LogP contribution in [0.5, 0.6) is 0 Å². The molecule has 0 bridgehead atoms. The molecule has 15 heavy (non-hydrogen) atoms. The highest BCUT2D eigenvalue weighted by Gasteiger charge is 2.09. The molecule has 0 radical (unpaired) electrons. The van der Waals surface area contributed by atoms with Crippen molar-refractivity contribution in [2.24, 2.45) is 12.8 Å². The van der Waals surface area contributed by atoms with Crippen molar-refractivity contribution in [3.05, 3.63) is 36.4 Å². The fourth-order valence-electron chi connectivity index (χ4n) is 1.54. The first-order chi connectivity index (χ1) is 7.27. The maximum absolute atomic E-state index is 5.98. The normalized spacial score (nSPS) is 12.9. The van der Waals surface area contributed by atoms with Gasteiger partial charge >= 0.3 is 0 Å². The summed E-state index contributed by atoms with van der Waals surface area (Å²) in [5, 5.41) is 0. The molecule has 5 heteroatoms. The van der Waals surface area contributed by atoms with Crippen LogP contribution in [0.2, 0.25) is 0 Å². The van der Waals surface area contributed by atoms with Gasteiger partial charge in [-0.1, -0.05) is 0 Å². The number of H-pyrrole nitrogens is 1. The first-order valence-corrected chi connectivity index (χ1v) is 4.98. The van der Waals surface area contributed by atoms with Gasteiger partial charge in [0.2, 0.25) is 0 Å². The molecule has 0 aliphatic carbocycles. The lowest BCUT2D eigenvalue weighted by Crippen LogP contribution is -2.14. The minimum absolute atomic E-state index is 0.0447. The van der Waals surface area contributed by atoms with Crippen molar-refractivity contribution >= 4 is 0 Å². The van der Waals surface area contributed by atoms with Crippen molar-refractivity contribution in [1.82, 2.24) is 19.5 Å². The smallest absolute Gasteiger partial charge is 0.123 e. The Morgan fingerprint density at radius 2 is 2.33 bits per heavy atom. The van der Waals surface area contributed by atoms with Crippen molar-refractivity contribution < 1.29 is 0 Å². The summed E-state index contributed by atoms with van der Waals surface area (Å²) in [6.07, 6.45) is 8.96. The molecule has 0 aromatic carbocycles. The number of rotatable bonds is 4. The van der Waals surface area contributed by atoms with Gasteiger partial charge < -0.3 is 15.3 Å². The summed E-state index contributed by atoms with van der Waals surface area (Å²) < 4.78 is 2.01. The van der Waals surface area contributed by atoms with Crippen LogP contribution in [0.4, 0.5) is 0 Å². The fraction of sp³-hybridized carbons (Fsp3) is 0.400. The van der Waals surface area contributed by atoms with Gasteiger partial charge in [0.15, 0.2) is 0 Å². The molecule has 2 aromatic rings. The molecule has 0 fully saturated rings. The molecular weight excluding hydrogens is 190 g/mol. The lowest BCUT2D eigenvalue weighted by atomic mass is 10.1. The van der Waals surface area contributed by atoms with Crippen molar-refractivity contribution in [2.45, 2.75) is 18.9 Å². The van der Waals surface area contributed by atoms with Crippen molar-refractivity contribution in [1.29, 1.82) is 0 Å². The standard InChI is InChI=1S/C10H15N5/c1-15-7-6-12-9(15)3-2-8(11)10-13-4-5-14-10/h4-8H,2-3,11H2,1H3,(H,13,14). The molecule has 0 aliphatic rings. The van der Waals surface area contributed by atoms with Gasteiger partial charge in [-0.15, -0.1) is 0 Å². The van der Waals surface area contributed by atoms with E-state index < -0.39 is 0 Å². The van der Waals surface area contributed by atoms with Crippen molar-refractivity contribution in [3.63, 3.8) is 0 Å². The van der Waals surface area contributed by atoms with Crippen LogP contribution in [-0.2, 0) is 13.5 Å². The number of hydrogen-bond donors (Lipinski definition) is 2. The average molecular weight is 205 g/mol. The molecule has 2 heterocycles. The van der Waals surface area contributed by atoms with Crippen LogP contribution in [0.15, 0.2) is 24.8 Å². The zero-order chi connectivity index (χ0) is 10.7. The van der Waals surface area contributed by atoms with Crippen molar-refractivity contribution in [3.8, 4) is 0 Å². The largest absolute Gasteiger partial charge is 0.347 e. The van der Waals surface area contributed by atoms with E-state index in [1.165, 1.54) is 0 Å². The van der Waals surface area contributed by atoms with E-state index in [-0.39, 0.29) is 6.04 Å². The molecule has 0 aliphatic heterocycles. The Morgan fingerprint density at radius 1 is 1.47 bits per heavy atom. The number of aromatic amines is 1. The molecule has 2 aromatic heterocycles. The number of aryl methyl sites for hydroxylation is 2. The molecule has 1 unspecified atom stereocenters. The van der Waals surface area contributed by atoms with Crippen LogP contribution in [0.25, 0.3) is 0 Å². The predicted octanol–water partition coefficient (Wildman–Crippen LogP) is 0.776. The number of nitrogens with zero attached hydrogens (tertiary/aromatic N) is 3. The van der Waals surface area contributed by atoms with Gasteiger partial charge in [-0.3, -0.25) is 0 Å². The zero-order valence-electron chi connectivity index (χ0n) is 8.72. The van der Waals surface area contributed by atoms with E-state index in [1.54, 1.807) is 18.6 Å². The predicted molar refractivity (Wildman–Crippen MR) is 57.0 cm³/mol. The number of hydrogen-bond acceptors (Lipinski definition) is 3. The minimum atomic E-state index is -0.0447. The van der Waals surface area contributed by atoms with Crippen LogP contribution in [0.1, 0.15) is 24.1 Å². The summed E-state index contributed by atoms with van der Waals surface area (Å²) in [4.78, 5) is 11.4. The molecule has 0 amide bonds. The molecular formula is C10H15N5. The van der Waals surface area contributed by atoms with Gasteiger partial charge in [0.1, 0.15) is 11.6 Å². The Bertz CT molecular complexity index is 403. The van der Waals surface area contributed by atoms with Crippen LogP contribution in [-0.4, -0.2) is 19.5 Å². The van der Waals surface area contributed by atoms with E-state index in [0.717, 1.165) is 24.5 Å². The third-order valence-electron chi connectivity index (χ3n) is 2.47. The third kappa shape index (κ3) is 2.24. The summed E-state index contributed by atoms with van der Waals surface area (Å²) in [5.74, 6) is 1.89. The summed E-state index contributed by atoms with van der Waals surface area (Å²) in [6, 6.07) is -0.0447. The number of nitrogens with two attached hydrogens (primary N) is 1. The van der Waals surface area contributed by atoms with Crippen molar-refractivity contribution in [2.75, 3.05) is 0 Å². The quantitative estimate of drug-likeness (QED) is 0.774. The summed E-state index contributed by atoms with van der Waals surface area (Å²) in [7, 11) is 1.99. The minimum Gasteiger partial charge on any atom is -0.347 e. The lowest BCUT2D eigenvalue weighted by molar-refractivity contribution is 0.596. The topological polar surface area (TPSA) is 72.5 Å². The first kappa shape index (κ1) is 9.92. The van der Waals surface area contributed by atoms with Gasteiger partial charge in [0.05, 0.1) is 6.04 Å². The second-order valence-electron chi connectivity index (χ2n) is 3.57. The summed E-state index contributed by atoms with van der Waals surface area (Å²) >= 11 is 0. The number of nitrogens with one attached hydrogen (secondary N) is 1. The van der Waals surface area contributed by atoms with Crippen LogP contribution >= 0.6 is 0 Å². The van der Waals surface area contributed by atoms with Gasteiger partial charge in [0.25, 0.3) is 0 Å². The Morgan fingerprint density at radius 3 is 2.93 bits per heavy atom. The highest BCUT2D eigenvalue weighted by atomic mass is 15.0. The maximum atomic E-state index is 5.98. The molecule has 5 nitrogen and oxygen atoms in total. The highest BCUT2D eigenvalue weighted by Crippen LogP contribution is 2.11. The molecule has 0 saturated carbocycles. The van der Waals surface area contributed by atoms with Gasteiger partial charge in [-0.25, -0.2) is 9.97 Å². The molecule has 1 atom stereocenters. The Kier molecular flexibility index (Phi) is 2.82. The van der Waals surface area contributed by atoms with E-state index in [0.29, 0.717) is 0 Å². The molecule has 80 valence electrons. The Labute approximate surface area is 88.4 Å². The van der Waals surface area contributed by atoms with Gasteiger partial charge in [-0.2, -0.15) is 0 Å². The van der Waals surface area contributed by atoms with E-state index in [9.17, 15) is 0 Å². The van der Waals surface area contributed by atoms with E-state index in [4.69, 9.17) is 5.73 Å². The van der Waals surface area contributed by atoms with Crippen LogP contribution in [0, 0.1) is 0 Å². The fourth-order valence-corrected chi connectivity index (χ4v) is 1.54. The van der Waals surface area contributed by atoms with Crippen LogP contribution in [0.3, 0.4) is 0 Å². The van der Waals surface area contributed by atoms with E-state index in [2.05, 4.69) is 15.0 Å². The van der Waals surface area contributed by atoms with Gasteiger partial charge in [-0.05, 0) is 6.42 Å². The second kappa shape index (κ2) is 4.27. The SMILES string of the molecule is Cn1ccnc1CCC(N)c1ncc[nH]1. The summed E-state index contributed by atoms with van der Waals surface area (Å²) in [6.45, 7) is 0. The number of imidazole rings is 2. The third-order valence-corrected chi connectivity index (χ3v) is 2.47. The Balaban J connectivity index is 1.91. The Hall–Kier alpha value is -1.62.